The van der Waals surface area contributed by atoms with Gasteiger partial charge >= 0.3 is 0 Å². The van der Waals surface area contributed by atoms with Crippen molar-refractivity contribution >= 4 is 11.6 Å². The molecule has 0 fully saturated rings. The first-order valence-electron chi connectivity index (χ1n) is 3.85. The van der Waals surface area contributed by atoms with E-state index in [9.17, 15) is 14.3 Å². The predicted molar refractivity (Wildman–Crippen MR) is 44.6 cm³/mol. The molecule has 1 heterocycles. The van der Waals surface area contributed by atoms with E-state index in [-0.39, 0.29) is 5.56 Å². The molecule has 13 heavy (non-hydrogen) atoms. The lowest BCUT2D eigenvalue weighted by molar-refractivity contribution is -0.131. The molecule has 4 heteroatoms. The van der Waals surface area contributed by atoms with Crippen LogP contribution in [0.15, 0.2) is 18.2 Å². The lowest BCUT2D eigenvalue weighted by atomic mass is 9.98. The van der Waals surface area contributed by atoms with Crippen molar-refractivity contribution in [3.05, 3.63) is 29.6 Å². The van der Waals surface area contributed by atoms with Gasteiger partial charge in [0.1, 0.15) is 5.82 Å². The summed E-state index contributed by atoms with van der Waals surface area (Å²) in [4.78, 5) is 11.2. The number of halogens is 1. The molecule has 0 saturated heterocycles. The normalized spacial score (nSPS) is 25.6. The number of amides is 1. The second-order valence-corrected chi connectivity index (χ2v) is 3.22. The number of carbonyl (C=O) groups is 1. The first kappa shape index (κ1) is 8.19. The summed E-state index contributed by atoms with van der Waals surface area (Å²) in [5, 5.41) is 12.1. The molecule has 0 saturated carbocycles. The molecule has 2 N–H and O–H groups in total. The second-order valence-electron chi connectivity index (χ2n) is 3.22. The fourth-order valence-corrected chi connectivity index (χ4v) is 1.39. The highest BCUT2D eigenvalue weighted by atomic mass is 19.1. The molecule has 0 radical (unpaired) electrons. The molecule has 3 nitrogen and oxygen atoms in total. The van der Waals surface area contributed by atoms with Crippen molar-refractivity contribution in [1.82, 2.24) is 0 Å². The Hall–Kier alpha value is -1.42. The van der Waals surface area contributed by atoms with Gasteiger partial charge in [0.05, 0.1) is 0 Å². The summed E-state index contributed by atoms with van der Waals surface area (Å²) in [6, 6.07) is 3.83. The van der Waals surface area contributed by atoms with Crippen LogP contribution in [0.5, 0.6) is 0 Å². The molecule has 0 unspecified atom stereocenters. The number of hydrogen-bond donors (Lipinski definition) is 2. The molecule has 0 aliphatic carbocycles. The highest BCUT2D eigenvalue weighted by Gasteiger charge is 2.40. The maximum atomic E-state index is 12.8. The van der Waals surface area contributed by atoms with E-state index in [1.807, 2.05) is 0 Å². The second kappa shape index (κ2) is 2.29. The van der Waals surface area contributed by atoms with Gasteiger partial charge in [-0.25, -0.2) is 4.39 Å². The summed E-state index contributed by atoms with van der Waals surface area (Å²) in [6.45, 7) is 1.34. The molecule has 1 atom stereocenters. The van der Waals surface area contributed by atoms with E-state index in [0.717, 1.165) is 6.07 Å². The van der Waals surface area contributed by atoms with E-state index in [1.54, 1.807) is 0 Å². The third-order valence-corrected chi connectivity index (χ3v) is 2.20. The van der Waals surface area contributed by atoms with Crippen molar-refractivity contribution in [3.8, 4) is 0 Å². The monoisotopic (exact) mass is 181 g/mol. The zero-order valence-corrected chi connectivity index (χ0v) is 6.97. The zero-order chi connectivity index (χ0) is 9.64. The Morgan fingerprint density at radius 2 is 2.23 bits per heavy atom. The number of hydrogen-bond acceptors (Lipinski definition) is 2. The Morgan fingerprint density at radius 1 is 1.54 bits per heavy atom. The SMILES string of the molecule is C[C@]1(O)C(=O)Nc2ccc(F)cc21. The number of anilines is 1. The summed E-state index contributed by atoms with van der Waals surface area (Å²) < 4.78 is 12.8. The number of fused-ring (bicyclic) bond motifs is 1. The van der Waals surface area contributed by atoms with E-state index in [4.69, 9.17) is 0 Å². The van der Waals surface area contributed by atoms with Crippen LogP contribution in [0.25, 0.3) is 0 Å². The van der Waals surface area contributed by atoms with Crippen LogP contribution in [0.4, 0.5) is 10.1 Å². The van der Waals surface area contributed by atoms with Gasteiger partial charge in [-0.1, -0.05) is 0 Å². The standard InChI is InChI=1S/C9H8FNO2/c1-9(13)6-4-5(10)2-3-7(6)11-8(9)12/h2-4,13H,1H3,(H,11,12)/t9-/m1/s1. The van der Waals surface area contributed by atoms with E-state index in [1.165, 1.54) is 19.1 Å². The Bertz CT molecular complexity index is 387. The van der Waals surface area contributed by atoms with Crippen LogP contribution in [0, 0.1) is 5.82 Å². The molecular formula is C9H8FNO2. The smallest absolute Gasteiger partial charge is 0.260 e. The lowest BCUT2D eigenvalue weighted by Gasteiger charge is -2.13. The van der Waals surface area contributed by atoms with Gasteiger partial charge in [-0.2, -0.15) is 0 Å². The Balaban J connectivity index is 2.64. The number of nitrogens with one attached hydrogen (secondary N) is 1. The molecule has 1 aliphatic heterocycles. The molecule has 2 rings (SSSR count). The number of carbonyl (C=O) groups excluding carboxylic acids is 1. The molecule has 0 bridgehead atoms. The van der Waals surface area contributed by atoms with Gasteiger partial charge in [0.2, 0.25) is 0 Å². The Labute approximate surface area is 74.2 Å². The summed E-state index contributed by atoms with van der Waals surface area (Å²) >= 11 is 0. The van der Waals surface area contributed by atoms with E-state index in [0.29, 0.717) is 5.69 Å². The quantitative estimate of drug-likeness (QED) is 0.627. The van der Waals surface area contributed by atoms with Crippen molar-refractivity contribution in [2.24, 2.45) is 0 Å². The van der Waals surface area contributed by atoms with E-state index < -0.39 is 17.3 Å². The van der Waals surface area contributed by atoms with Crippen molar-refractivity contribution in [2.45, 2.75) is 12.5 Å². The Kier molecular flexibility index (Phi) is 1.44. The summed E-state index contributed by atoms with van der Waals surface area (Å²) in [6.07, 6.45) is 0. The van der Waals surface area contributed by atoms with Gasteiger partial charge in [-0.05, 0) is 25.1 Å². The fourth-order valence-electron chi connectivity index (χ4n) is 1.39. The topological polar surface area (TPSA) is 49.3 Å². The minimum atomic E-state index is -1.61. The van der Waals surface area contributed by atoms with E-state index >= 15 is 0 Å². The molecule has 68 valence electrons. The third kappa shape index (κ3) is 1.02. The maximum absolute atomic E-state index is 12.8. The predicted octanol–water partition coefficient (Wildman–Crippen LogP) is 0.985. The number of rotatable bonds is 0. The van der Waals surface area contributed by atoms with Crippen LogP contribution < -0.4 is 5.32 Å². The zero-order valence-electron chi connectivity index (χ0n) is 6.97. The van der Waals surface area contributed by atoms with Gasteiger partial charge in [0.15, 0.2) is 5.60 Å². The molecular weight excluding hydrogens is 173 g/mol. The van der Waals surface area contributed by atoms with Crippen LogP contribution >= 0.6 is 0 Å². The molecule has 0 spiro atoms. The maximum Gasteiger partial charge on any atom is 0.260 e. The minimum Gasteiger partial charge on any atom is -0.375 e. The molecule has 1 aliphatic rings. The highest BCUT2D eigenvalue weighted by Crippen LogP contribution is 2.35. The van der Waals surface area contributed by atoms with Crippen molar-refractivity contribution < 1.29 is 14.3 Å². The van der Waals surface area contributed by atoms with Gasteiger partial charge in [0.25, 0.3) is 5.91 Å². The summed E-state index contributed by atoms with van der Waals surface area (Å²) in [5.41, 5.74) is -0.855. The van der Waals surface area contributed by atoms with Crippen LogP contribution in [0.2, 0.25) is 0 Å². The van der Waals surface area contributed by atoms with Crippen LogP contribution in [-0.4, -0.2) is 11.0 Å². The molecule has 1 aromatic rings. The van der Waals surface area contributed by atoms with Crippen LogP contribution in [-0.2, 0) is 10.4 Å². The highest BCUT2D eigenvalue weighted by molar-refractivity contribution is 6.04. The Morgan fingerprint density at radius 3 is 2.92 bits per heavy atom. The number of benzene rings is 1. The van der Waals surface area contributed by atoms with Gasteiger partial charge < -0.3 is 10.4 Å². The average molecular weight is 181 g/mol. The van der Waals surface area contributed by atoms with E-state index in [2.05, 4.69) is 5.32 Å². The molecule has 1 amide bonds. The van der Waals surface area contributed by atoms with Gasteiger partial charge in [0, 0.05) is 11.3 Å². The lowest BCUT2D eigenvalue weighted by Crippen LogP contribution is -2.30. The first-order chi connectivity index (χ1) is 6.01. The number of aliphatic hydroxyl groups is 1. The van der Waals surface area contributed by atoms with Gasteiger partial charge in [-0.3, -0.25) is 4.79 Å². The third-order valence-electron chi connectivity index (χ3n) is 2.20. The average Bonchev–Trinajstić information content (AvgIpc) is 2.27. The summed E-state index contributed by atoms with van der Waals surface area (Å²) in [7, 11) is 0. The van der Waals surface area contributed by atoms with Crippen molar-refractivity contribution in [2.75, 3.05) is 5.32 Å². The van der Waals surface area contributed by atoms with Crippen molar-refractivity contribution in [3.63, 3.8) is 0 Å². The van der Waals surface area contributed by atoms with Crippen molar-refractivity contribution in [1.29, 1.82) is 0 Å². The minimum absolute atomic E-state index is 0.289. The van der Waals surface area contributed by atoms with Crippen LogP contribution in [0.3, 0.4) is 0 Å². The van der Waals surface area contributed by atoms with Gasteiger partial charge in [-0.15, -0.1) is 0 Å². The largest absolute Gasteiger partial charge is 0.375 e. The molecule has 1 aromatic carbocycles. The first-order valence-corrected chi connectivity index (χ1v) is 3.85. The molecule has 0 aromatic heterocycles. The summed E-state index contributed by atoms with van der Waals surface area (Å²) in [5.74, 6) is -0.983. The van der Waals surface area contributed by atoms with Crippen LogP contribution in [0.1, 0.15) is 12.5 Å². The fraction of sp³-hybridized carbons (Fsp3) is 0.222.